The van der Waals surface area contributed by atoms with E-state index in [0.717, 1.165) is 24.1 Å². The van der Waals surface area contributed by atoms with E-state index in [4.69, 9.17) is 23.2 Å². The summed E-state index contributed by atoms with van der Waals surface area (Å²) < 4.78 is 27.4. The van der Waals surface area contributed by atoms with Gasteiger partial charge in [0.05, 0.1) is 33.7 Å². The lowest BCUT2D eigenvalue weighted by Crippen LogP contribution is -2.36. The first-order valence-corrected chi connectivity index (χ1v) is 13.0. The third-order valence-corrected chi connectivity index (χ3v) is 7.03. The lowest BCUT2D eigenvalue weighted by Gasteiger charge is -2.35. The molecule has 2 N–H and O–H groups in total. The SMILES string of the molecule is CN(C)Cc1ccc(Nc2ccnc3c2N(S(C)(=O)=O)C(c2cc(Cl)c(O)c(Cl)c2)C=C3)cc1.Cl.Cl. The quantitative estimate of drug-likeness (QED) is 0.351. The first-order chi connectivity index (χ1) is 16.0. The van der Waals surface area contributed by atoms with Gasteiger partial charge in [0, 0.05) is 18.4 Å². The Hall–Kier alpha value is -2.20. The van der Waals surface area contributed by atoms with E-state index in [2.05, 4.69) is 15.2 Å². The summed E-state index contributed by atoms with van der Waals surface area (Å²) in [6.45, 7) is 0.816. The number of sulfonamides is 1. The van der Waals surface area contributed by atoms with Gasteiger partial charge in [0.15, 0.2) is 5.75 Å². The highest BCUT2D eigenvalue weighted by atomic mass is 35.5. The molecule has 0 aliphatic carbocycles. The van der Waals surface area contributed by atoms with Gasteiger partial charge in [0.1, 0.15) is 5.69 Å². The van der Waals surface area contributed by atoms with Crippen molar-refractivity contribution in [3.8, 4) is 5.75 Å². The minimum atomic E-state index is -3.76. The summed E-state index contributed by atoms with van der Waals surface area (Å²) in [6.07, 6.45) is 6.25. The fourth-order valence-corrected chi connectivity index (χ4v) is 5.54. The van der Waals surface area contributed by atoms with Crippen LogP contribution in [-0.4, -0.2) is 43.8 Å². The van der Waals surface area contributed by atoms with Crippen molar-refractivity contribution < 1.29 is 13.5 Å². The molecule has 0 bridgehead atoms. The predicted molar refractivity (Wildman–Crippen MR) is 153 cm³/mol. The molecule has 1 aliphatic rings. The Morgan fingerprint density at radius 1 is 1.08 bits per heavy atom. The summed E-state index contributed by atoms with van der Waals surface area (Å²) in [6, 6.07) is 12.0. The molecule has 36 heavy (non-hydrogen) atoms. The first kappa shape index (κ1) is 30.0. The largest absolute Gasteiger partial charge is 0.505 e. The maximum atomic E-state index is 13.0. The third-order valence-electron chi connectivity index (χ3n) is 5.33. The summed E-state index contributed by atoms with van der Waals surface area (Å²) in [4.78, 5) is 6.46. The van der Waals surface area contributed by atoms with Gasteiger partial charge in [0.25, 0.3) is 0 Å². The molecule has 7 nitrogen and oxygen atoms in total. The number of phenols is 1. The van der Waals surface area contributed by atoms with Crippen molar-refractivity contribution in [2.45, 2.75) is 12.6 Å². The second-order valence-corrected chi connectivity index (χ2v) is 11.0. The zero-order chi connectivity index (χ0) is 24.6. The van der Waals surface area contributed by atoms with E-state index in [9.17, 15) is 13.5 Å². The maximum absolute atomic E-state index is 13.0. The van der Waals surface area contributed by atoms with Crippen molar-refractivity contribution in [3.63, 3.8) is 0 Å². The number of hydrogen-bond donors (Lipinski definition) is 2. The fraction of sp³-hybridized carbons (Fsp3) is 0.208. The van der Waals surface area contributed by atoms with Gasteiger partial charge >= 0.3 is 0 Å². The molecular weight excluding hydrogens is 566 g/mol. The normalized spacial score (nSPS) is 14.6. The van der Waals surface area contributed by atoms with Crippen molar-refractivity contribution in [2.24, 2.45) is 0 Å². The molecule has 1 aliphatic heterocycles. The van der Waals surface area contributed by atoms with Crippen LogP contribution in [-0.2, 0) is 16.6 Å². The highest BCUT2D eigenvalue weighted by Crippen LogP contribution is 2.44. The number of fused-ring (bicyclic) bond motifs is 1. The summed E-state index contributed by atoms with van der Waals surface area (Å²) in [5.41, 5.74) is 3.99. The first-order valence-electron chi connectivity index (χ1n) is 10.4. The van der Waals surface area contributed by atoms with Crippen LogP contribution in [0.2, 0.25) is 10.0 Å². The number of pyridine rings is 1. The van der Waals surface area contributed by atoms with Crippen molar-refractivity contribution in [3.05, 3.63) is 81.6 Å². The topological polar surface area (TPSA) is 85.8 Å². The van der Waals surface area contributed by atoms with Gasteiger partial charge in [-0.2, -0.15) is 0 Å². The fourth-order valence-electron chi connectivity index (χ4n) is 3.91. The number of phenolic OH excluding ortho intramolecular Hbond substituents is 1. The van der Waals surface area contributed by atoms with Gasteiger partial charge in [-0.3, -0.25) is 9.29 Å². The van der Waals surface area contributed by atoms with Gasteiger partial charge in [-0.1, -0.05) is 41.4 Å². The molecule has 1 aromatic heterocycles. The molecule has 1 atom stereocenters. The molecule has 3 aromatic rings. The Morgan fingerprint density at radius 2 is 1.69 bits per heavy atom. The van der Waals surface area contributed by atoms with E-state index in [1.165, 1.54) is 16.4 Å². The van der Waals surface area contributed by atoms with Crippen LogP contribution in [0.1, 0.15) is 22.9 Å². The van der Waals surface area contributed by atoms with Gasteiger partial charge in [0.2, 0.25) is 10.0 Å². The van der Waals surface area contributed by atoms with Crippen LogP contribution in [0, 0.1) is 0 Å². The van der Waals surface area contributed by atoms with E-state index in [1.807, 2.05) is 38.4 Å². The van der Waals surface area contributed by atoms with E-state index in [1.54, 1.807) is 24.4 Å². The number of aromatic nitrogens is 1. The number of benzene rings is 2. The summed E-state index contributed by atoms with van der Waals surface area (Å²) in [5, 5.41) is 13.4. The molecular formula is C24H26Cl4N4O3S. The number of anilines is 3. The van der Waals surface area contributed by atoms with Crippen LogP contribution in [0.5, 0.6) is 5.75 Å². The zero-order valence-electron chi connectivity index (χ0n) is 19.6. The number of hydrogen-bond acceptors (Lipinski definition) is 6. The van der Waals surface area contributed by atoms with Gasteiger partial charge in [-0.05, 0) is 61.6 Å². The van der Waals surface area contributed by atoms with E-state index in [-0.39, 0.29) is 40.6 Å². The Labute approximate surface area is 233 Å². The highest BCUT2D eigenvalue weighted by Gasteiger charge is 2.34. The predicted octanol–water partition coefficient (Wildman–Crippen LogP) is 6.28. The van der Waals surface area contributed by atoms with Crippen LogP contribution in [0.25, 0.3) is 6.08 Å². The second kappa shape index (κ2) is 11.9. The van der Waals surface area contributed by atoms with Gasteiger partial charge < -0.3 is 15.3 Å². The molecule has 1 unspecified atom stereocenters. The highest BCUT2D eigenvalue weighted by molar-refractivity contribution is 7.92. The Balaban J connectivity index is 0.00000228. The molecule has 0 amide bonds. The molecule has 12 heteroatoms. The smallest absolute Gasteiger partial charge is 0.233 e. The summed E-state index contributed by atoms with van der Waals surface area (Å²) in [5.74, 6) is -0.250. The average Bonchev–Trinajstić information content (AvgIpc) is 2.77. The number of nitrogens with zero attached hydrogens (tertiary/aromatic N) is 3. The number of nitrogens with one attached hydrogen (secondary N) is 1. The molecule has 194 valence electrons. The maximum Gasteiger partial charge on any atom is 0.233 e. The Bertz CT molecular complexity index is 1340. The molecule has 2 heterocycles. The molecule has 4 rings (SSSR count). The molecule has 0 spiro atoms. The van der Waals surface area contributed by atoms with Crippen LogP contribution in [0.3, 0.4) is 0 Å². The van der Waals surface area contributed by atoms with Crippen molar-refractivity contribution in [1.29, 1.82) is 0 Å². The summed E-state index contributed by atoms with van der Waals surface area (Å²) in [7, 11) is 0.256. The molecule has 0 radical (unpaired) electrons. The van der Waals surface area contributed by atoms with Crippen molar-refractivity contribution in [2.75, 3.05) is 30.0 Å². The lowest BCUT2D eigenvalue weighted by atomic mass is 10.0. The summed E-state index contributed by atoms with van der Waals surface area (Å²) >= 11 is 12.3. The van der Waals surface area contributed by atoms with Crippen molar-refractivity contribution in [1.82, 2.24) is 9.88 Å². The molecule has 0 saturated heterocycles. The van der Waals surface area contributed by atoms with E-state index < -0.39 is 16.1 Å². The van der Waals surface area contributed by atoms with Gasteiger partial charge in [-0.15, -0.1) is 24.8 Å². The van der Waals surface area contributed by atoms with Crippen LogP contribution in [0.4, 0.5) is 17.1 Å². The molecule has 2 aromatic carbocycles. The molecule has 0 saturated carbocycles. The third kappa shape index (κ3) is 6.37. The monoisotopic (exact) mass is 590 g/mol. The Kier molecular flexibility index (Phi) is 9.92. The number of rotatable bonds is 6. The van der Waals surface area contributed by atoms with Crippen molar-refractivity contribution >= 4 is 81.2 Å². The standard InChI is InChI=1S/C24H24Cl2N4O3S.2ClH/c1-29(2)14-15-4-6-17(7-5-15)28-21-10-11-27-20-8-9-22(30(23(20)21)34(3,32)33)16-12-18(25)24(31)19(26)13-16;;/h4-13,22,31H,14H2,1-3H3,(H,27,28);2*1H. The van der Waals surface area contributed by atoms with Crippen LogP contribution < -0.4 is 9.62 Å². The van der Waals surface area contributed by atoms with Crippen LogP contribution >= 0.6 is 48.0 Å². The molecule has 0 fully saturated rings. The number of halogens is 4. The number of aromatic hydroxyl groups is 1. The van der Waals surface area contributed by atoms with E-state index >= 15 is 0 Å². The van der Waals surface area contributed by atoms with Gasteiger partial charge in [-0.25, -0.2) is 8.42 Å². The minimum Gasteiger partial charge on any atom is -0.505 e. The lowest BCUT2D eigenvalue weighted by molar-refractivity contribution is 0.402. The minimum absolute atomic E-state index is 0. The Morgan fingerprint density at radius 3 is 2.25 bits per heavy atom. The second-order valence-electron chi connectivity index (χ2n) is 8.35. The van der Waals surface area contributed by atoms with Crippen LogP contribution in [0.15, 0.2) is 54.7 Å². The average molecular weight is 592 g/mol. The van der Waals surface area contributed by atoms with E-state index in [0.29, 0.717) is 22.6 Å². The zero-order valence-corrected chi connectivity index (χ0v) is 23.6.